The number of aryl methyl sites for hydroxylation is 2. The summed E-state index contributed by atoms with van der Waals surface area (Å²) in [5.41, 5.74) is 1.26. The van der Waals surface area contributed by atoms with Gasteiger partial charge in [0.1, 0.15) is 5.82 Å². The predicted octanol–water partition coefficient (Wildman–Crippen LogP) is 4.44. The van der Waals surface area contributed by atoms with Crippen LogP contribution < -0.4 is 10.6 Å². The zero-order valence-electron chi connectivity index (χ0n) is 17.2. The highest BCUT2D eigenvalue weighted by molar-refractivity contribution is 5.84. The Morgan fingerprint density at radius 1 is 1.14 bits per heavy atom. The molecule has 0 aliphatic carbocycles. The van der Waals surface area contributed by atoms with Crippen LogP contribution in [-0.4, -0.2) is 28.6 Å². The average Bonchev–Trinajstić information content (AvgIpc) is 3.12. The van der Waals surface area contributed by atoms with Crippen molar-refractivity contribution in [2.24, 2.45) is 4.99 Å². The van der Waals surface area contributed by atoms with Gasteiger partial charge in [0.25, 0.3) is 0 Å². The summed E-state index contributed by atoms with van der Waals surface area (Å²) in [4.78, 5) is 9.02. The van der Waals surface area contributed by atoms with E-state index in [1.165, 1.54) is 16.3 Å². The third kappa shape index (κ3) is 5.35. The Morgan fingerprint density at radius 3 is 2.71 bits per heavy atom. The van der Waals surface area contributed by atoms with Gasteiger partial charge < -0.3 is 15.2 Å². The molecule has 5 nitrogen and oxygen atoms in total. The molecule has 0 aliphatic rings. The number of rotatable bonds is 8. The number of unbranched alkanes of at least 4 members (excludes halogenated alkanes) is 1. The minimum Gasteiger partial charge on any atom is -0.357 e. The Labute approximate surface area is 167 Å². The molecular weight excluding hydrogens is 346 g/mol. The molecule has 2 N–H and O–H groups in total. The minimum absolute atomic E-state index is 0.191. The van der Waals surface area contributed by atoms with Gasteiger partial charge in [-0.3, -0.25) is 4.99 Å². The Kier molecular flexibility index (Phi) is 7.06. The van der Waals surface area contributed by atoms with Crippen LogP contribution in [0.2, 0.25) is 0 Å². The van der Waals surface area contributed by atoms with E-state index < -0.39 is 0 Å². The maximum Gasteiger partial charge on any atom is 0.191 e. The van der Waals surface area contributed by atoms with Crippen LogP contribution in [0.4, 0.5) is 0 Å². The zero-order chi connectivity index (χ0) is 19.8. The molecule has 5 heteroatoms. The molecule has 3 rings (SSSR count). The number of hydrogen-bond acceptors (Lipinski definition) is 2. The molecule has 3 aromatic rings. The number of hydrogen-bond donors (Lipinski definition) is 2. The lowest BCUT2D eigenvalue weighted by molar-refractivity contribution is 0.599. The number of nitrogens with one attached hydrogen (secondary N) is 2. The van der Waals surface area contributed by atoms with Gasteiger partial charge in [-0.15, -0.1) is 0 Å². The maximum atomic E-state index is 4.75. The van der Waals surface area contributed by atoms with Crippen LogP contribution in [0.1, 0.15) is 44.1 Å². The van der Waals surface area contributed by atoms with Crippen LogP contribution in [0.3, 0.4) is 0 Å². The Bertz CT molecular complexity index is 912. The van der Waals surface area contributed by atoms with E-state index in [-0.39, 0.29) is 6.04 Å². The molecule has 1 unspecified atom stereocenters. The van der Waals surface area contributed by atoms with E-state index in [1.807, 2.05) is 19.3 Å². The second-order valence-corrected chi connectivity index (χ2v) is 7.11. The van der Waals surface area contributed by atoms with Gasteiger partial charge in [0.05, 0.1) is 6.04 Å². The molecule has 0 radical (unpaired) electrons. The molecule has 1 aromatic heterocycles. The van der Waals surface area contributed by atoms with Crippen molar-refractivity contribution in [3.63, 3.8) is 0 Å². The first-order valence-electron chi connectivity index (χ1n) is 10.2. The van der Waals surface area contributed by atoms with E-state index in [0.29, 0.717) is 0 Å². The van der Waals surface area contributed by atoms with Crippen LogP contribution in [0.5, 0.6) is 0 Å². The standard InChI is InChI=1S/C23H31N5/c1-4-24-23(26-13-7-8-15-28-16-14-25-19(28)3)27-18(2)21-12-11-20-9-5-6-10-22(20)17-21/h5-6,9-12,14,16-18H,4,7-8,13,15H2,1-3H3,(H2,24,26,27). The lowest BCUT2D eigenvalue weighted by atomic mass is 10.0. The van der Waals surface area contributed by atoms with E-state index in [9.17, 15) is 0 Å². The molecular formula is C23H31N5. The molecule has 2 aromatic carbocycles. The molecule has 0 spiro atoms. The van der Waals surface area contributed by atoms with Crippen molar-refractivity contribution in [2.45, 2.75) is 46.2 Å². The van der Waals surface area contributed by atoms with Crippen molar-refractivity contribution < 1.29 is 0 Å². The number of guanidine groups is 1. The topological polar surface area (TPSA) is 54.2 Å². The highest BCUT2D eigenvalue weighted by Gasteiger charge is 2.08. The van der Waals surface area contributed by atoms with E-state index >= 15 is 0 Å². The summed E-state index contributed by atoms with van der Waals surface area (Å²) in [5.74, 6) is 1.95. The van der Waals surface area contributed by atoms with Gasteiger partial charge >= 0.3 is 0 Å². The van der Waals surface area contributed by atoms with Crippen molar-refractivity contribution in [3.8, 4) is 0 Å². The average molecular weight is 378 g/mol. The fourth-order valence-corrected chi connectivity index (χ4v) is 3.31. The van der Waals surface area contributed by atoms with E-state index in [4.69, 9.17) is 4.99 Å². The molecule has 1 atom stereocenters. The Hall–Kier alpha value is -2.82. The van der Waals surface area contributed by atoms with E-state index in [2.05, 4.69) is 76.5 Å². The summed E-state index contributed by atoms with van der Waals surface area (Å²) in [6, 6.07) is 15.3. The first kappa shape index (κ1) is 19.9. The van der Waals surface area contributed by atoms with Gasteiger partial charge in [0.2, 0.25) is 0 Å². The summed E-state index contributed by atoms with van der Waals surface area (Å²) in [7, 11) is 0. The number of nitrogens with zero attached hydrogens (tertiary/aromatic N) is 3. The third-order valence-corrected chi connectivity index (χ3v) is 4.97. The van der Waals surface area contributed by atoms with Gasteiger partial charge in [-0.05, 0) is 56.0 Å². The largest absolute Gasteiger partial charge is 0.357 e. The Balaban J connectivity index is 1.54. The van der Waals surface area contributed by atoms with Crippen molar-refractivity contribution in [3.05, 3.63) is 66.2 Å². The predicted molar refractivity (Wildman–Crippen MR) is 118 cm³/mol. The summed E-state index contributed by atoms with van der Waals surface area (Å²) >= 11 is 0. The van der Waals surface area contributed by atoms with Crippen LogP contribution in [0.15, 0.2) is 59.9 Å². The van der Waals surface area contributed by atoms with Crippen molar-refractivity contribution >= 4 is 16.7 Å². The van der Waals surface area contributed by atoms with Crippen molar-refractivity contribution in [1.29, 1.82) is 0 Å². The maximum absolute atomic E-state index is 4.75. The third-order valence-electron chi connectivity index (χ3n) is 4.97. The second kappa shape index (κ2) is 9.93. The zero-order valence-corrected chi connectivity index (χ0v) is 17.2. The highest BCUT2D eigenvalue weighted by Crippen LogP contribution is 2.20. The minimum atomic E-state index is 0.191. The van der Waals surface area contributed by atoms with Crippen LogP contribution in [0.25, 0.3) is 10.8 Å². The molecule has 28 heavy (non-hydrogen) atoms. The summed E-state index contributed by atoms with van der Waals surface area (Å²) in [6.45, 7) is 8.98. The molecule has 0 bridgehead atoms. The number of benzene rings is 2. The quantitative estimate of drug-likeness (QED) is 0.347. The normalized spacial score (nSPS) is 12.9. The molecule has 0 aliphatic heterocycles. The fourth-order valence-electron chi connectivity index (χ4n) is 3.31. The fraction of sp³-hybridized carbons (Fsp3) is 0.391. The van der Waals surface area contributed by atoms with Crippen LogP contribution >= 0.6 is 0 Å². The molecule has 1 heterocycles. The smallest absolute Gasteiger partial charge is 0.191 e. The van der Waals surface area contributed by atoms with Crippen molar-refractivity contribution in [1.82, 2.24) is 20.2 Å². The van der Waals surface area contributed by atoms with Gasteiger partial charge in [0.15, 0.2) is 5.96 Å². The van der Waals surface area contributed by atoms with Crippen molar-refractivity contribution in [2.75, 3.05) is 13.1 Å². The lowest BCUT2D eigenvalue weighted by Gasteiger charge is -2.18. The van der Waals surface area contributed by atoms with E-state index in [0.717, 1.165) is 44.3 Å². The molecule has 0 fully saturated rings. The van der Waals surface area contributed by atoms with Gasteiger partial charge in [-0.25, -0.2) is 4.98 Å². The second-order valence-electron chi connectivity index (χ2n) is 7.11. The molecule has 0 amide bonds. The first-order chi connectivity index (χ1) is 13.7. The summed E-state index contributed by atoms with van der Waals surface area (Å²) in [6.07, 6.45) is 6.04. The molecule has 0 saturated heterocycles. The molecule has 0 saturated carbocycles. The SMILES string of the molecule is CCNC(=NCCCCn1ccnc1C)NC(C)c1ccc2ccccc2c1. The first-order valence-corrected chi connectivity index (χ1v) is 10.2. The lowest BCUT2D eigenvalue weighted by Crippen LogP contribution is -2.38. The number of imidazole rings is 1. The van der Waals surface area contributed by atoms with Gasteiger partial charge in [-0.1, -0.05) is 36.4 Å². The Morgan fingerprint density at radius 2 is 1.96 bits per heavy atom. The van der Waals surface area contributed by atoms with E-state index in [1.54, 1.807) is 0 Å². The summed E-state index contributed by atoms with van der Waals surface area (Å²) < 4.78 is 2.19. The summed E-state index contributed by atoms with van der Waals surface area (Å²) in [5, 5.41) is 9.43. The van der Waals surface area contributed by atoms with Gasteiger partial charge in [-0.2, -0.15) is 0 Å². The number of fused-ring (bicyclic) bond motifs is 1. The molecule has 148 valence electrons. The number of aromatic nitrogens is 2. The van der Waals surface area contributed by atoms with Gasteiger partial charge in [0, 0.05) is 32.0 Å². The monoisotopic (exact) mass is 377 g/mol. The number of aliphatic imine (C=N–C) groups is 1. The highest BCUT2D eigenvalue weighted by atomic mass is 15.2. The van der Waals surface area contributed by atoms with Crippen LogP contribution in [0, 0.1) is 6.92 Å². The van der Waals surface area contributed by atoms with Crippen LogP contribution in [-0.2, 0) is 6.54 Å².